The monoisotopic (exact) mass is 321 g/mol. The van der Waals surface area contributed by atoms with Crippen LogP contribution in [0.1, 0.15) is 31.7 Å². The van der Waals surface area contributed by atoms with Crippen molar-refractivity contribution in [1.29, 1.82) is 0 Å². The fraction of sp³-hybridized carbons (Fsp3) is 0.500. The van der Waals surface area contributed by atoms with Crippen LogP contribution in [-0.2, 0) is 16.0 Å². The lowest BCUT2D eigenvalue weighted by atomic mass is 10.2. The first-order valence-corrected chi connectivity index (χ1v) is 8.54. The number of nitrogens with two attached hydrogens (primary N) is 1. The van der Waals surface area contributed by atoms with Crippen LogP contribution in [0.4, 0.5) is 5.69 Å². The van der Waals surface area contributed by atoms with E-state index in [0.29, 0.717) is 19.4 Å². The van der Waals surface area contributed by atoms with Crippen molar-refractivity contribution in [2.75, 3.05) is 18.9 Å². The van der Waals surface area contributed by atoms with Gasteiger partial charge in [0, 0.05) is 25.1 Å². The second-order valence-corrected chi connectivity index (χ2v) is 6.08. The Bertz CT molecular complexity index is 621. The highest BCUT2D eigenvalue weighted by molar-refractivity contribution is 7.18. The summed E-state index contributed by atoms with van der Waals surface area (Å²) in [7, 11) is 0. The summed E-state index contributed by atoms with van der Waals surface area (Å²) < 4.78 is 6.31. The molecule has 1 atom stereocenters. The molecule has 1 fully saturated rings. The van der Waals surface area contributed by atoms with Crippen LogP contribution >= 0.6 is 11.3 Å². The average Bonchev–Trinajstić information content (AvgIpc) is 3.16. The van der Waals surface area contributed by atoms with Crippen molar-refractivity contribution in [3.05, 3.63) is 23.2 Å². The zero-order valence-corrected chi connectivity index (χ0v) is 13.9. The third-order valence-electron chi connectivity index (χ3n) is 3.32. The normalized spacial score (nSPS) is 17.1. The highest BCUT2D eigenvalue weighted by Crippen LogP contribution is 2.24. The molecule has 2 heterocycles. The SMILES string of the molecule is CC.Nc1ccc2nc(CCC(=O)NC3CCOC3)sc2c1. The Morgan fingerprint density at radius 2 is 2.32 bits per heavy atom. The number of amides is 1. The summed E-state index contributed by atoms with van der Waals surface area (Å²) in [6.07, 6.45) is 2.04. The Balaban J connectivity index is 0.000000847. The molecule has 1 aliphatic rings. The van der Waals surface area contributed by atoms with Crippen LogP contribution in [0.25, 0.3) is 10.2 Å². The van der Waals surface area contributed by atoms with Gasteiger partial charge in [0.2, 0.25) is 5.91 Å². The Morgan fingerprint density at radius 1 is 1.50 bits per heavy atom. The molecule has 0 spiro atoms. The molecule has 3 rings (SSSR count). The van der Waals surface area contributed by atoms with Crippen LogP contribution in [-0.4, -0.2) is 30.1 Å². The van der Waals surface area contributed by atoms with Crippen LogP contribution < -0.4 is 11.1 Å². The Labute approximate surface area is 134 Å². The summed E-state index contributed by atoms with van der Waals surface area (Å²) in [4.78, 5) is 16.3. The summed E-state index contributed by atoms with van der Waals surface area (Å²) in [6, 6.07) is 5.86. The van der Waals surface area contributed by atoms with Gasteiger partial charge < -0.3 is 15.8 Å². The molecule has 1 unspecified atom stereocenters. The quantitative estimate of drug-likeness (QED) is 0.849. The number of aryl methyl sites for hydroxylation is 1. The van der Waals surface area contributed by atoms with Gasteiger partial charge >= 0.3 is 0 Å². The second kappa shape index (κ2) is 8.10. The fourth-order valence-electron chi connectivity index (χ4n) is 2.26. The zero-order chi connectivity index (χ0) is 15.9. The van der Waals surface area contributed by atoms with Gasteiger partial charge in [-0.3, -0.25) is 4.79 Å². The number of nitrogens with one attached hydrogen (secondary N) is 1. The third kappa shape index (κ3) is 4.42. The number of fused-ring (bicyclic) bond motifs is 1. The Kier molecular flexibility index (Phi) is 6.15. The molecule has 1 aliphatic heterocycles. The van der Waals surface area contributed by atoms with Gasteiger partial charge in [0.25, 0.3) is 0 Å². The Morgan fingerprint density at radius 3 is 3.05 bits per heavy atom. The van der Waals surface area contributed by atoms with E-state index in [1.165, 1.54) is 0 Å². The third-order valence-corrected chi connectivity index (χ3v) is 4.40. The minimum absolute atomic E-state index is 0.0688. The van der Waals surface area contributed by atoms with E-state index in [1.807, 2.05) is 32.0 Å². The van der Waals surface area contributed by atoms with Crippen LogP contribution in [0, 0.1) is 0 Å². The van der Waals surface area contributed by atoms with Crippen molar-refractivity contribution in [1.82, 2.24) is 10.3 Å². The Hall–Kier alpha value is -1.66. The highest BCUT2D eigenvalue weighted by atomic mass is 32.1. The molecule has 120 valence electrons. The molecule has 22 heavy (non-hydrogen) atoms. The van der Waals surface area contributed by atoms with Gasteiger partial charge in [-0.1, -0.05) is 13.8 Å². The van der Waals surface area contributed by atoms with Crippen molar-refractivity contribution in [3.63, 3.8) is 0 Å². The molecule has 2 aromatic rings. The van der Waals surface area contributed by atoms with E-state index in [9.17, 15) is 4.79 Å². The van der Waals surface area contributed by atoms with Crippen molar-refractivity contribution in [3.8, 4) is 0 Å². The van der Waals surface area contributed by atoms with Crippen LogP contribution in [0.15, 0.2) is 18.2 Å². The maximum Gasteiger partial charge on any atom is 0.220 e. The van der Waals surface area contributed by atoms with E-state index in [4.69, 9.17) is 10.5 Å². The maximum atomic E-state index is 11.8. The molecule has 1 aromatic carbocycles. The molecule has 5 nitrogen and oxygen atoms in total. The summed E-state index contributed by atoms with van der Waals surface area (Å²) in [5, 5.41) is 3.96. The molecular formula is C16H23N3O2S. The summed E-state index contributed by atoms with van der Waals surface area (Å²) >= 11 is 1.60. The number of thiazole rings is 1. The van der Waals surface area contributed by atoms with Crippen LogP contribution in [0.3, 0.4) is 0 Å². The highest BCUT2D eigenvalue weighted by Gasteiger charge is 2.17. The van der Waals surface area contributed by atoms with Crippen molar-refractivity contribution >= 4 is 33.1 Å². The summed E-state index contributed by atoms with van der Waals surface area (Å²) in [6.45, 7) is 5.37. The van der Waals surface area contributed by atoms with E-state index in [0.717, 1.165) is 33.9 Å². The van der Waals surface area contributed by atoms with Gasteiger partial charge in [0.05, 0.1) is 27.9 Å². The number of carbonyl (C=O) groups is 1. The first-order chi connectivity index (χ1) is 10.7. The predicted molar refractivity (Wildman–Crippen MR) is 91.1 cm³/mol. The molecule has 1 aromatic heterocycles. The molecule has 6 heteroatoms. The van der Waals surface area contributed by atoms with E-state index >= 15 is 0 Å². The topological polar surface area (TPSA) is 77.2 Å². The van der Waals surface area contributed by atoms with Gasteiger partial charge in [-0.05, 0) is 24.6 Å². The molecule has 0 radical (unpaired) electrons. The van der Waals surface area contributed by atoms with Crippen molar-refractivity contribution < 1.29 is 9.53 Å². The van der Waals surface area contributed by atoms with Gasteiger partial charge in [0.1, 0.15) is 0 Å². The number of rotatable bonds is 4. The lowest BCUT2D eigenvalue weighted by Gasteiger charge is -2.09. The molecule has 1 saturated heterocycles. The summed E-state index contributed by atoms with van der Waals surface area (Å²) in [5.74, 6) is 0.0688. The predicted octanol–water partition coefficient (Wildman–Crippen LogP) is 2.74. The van der Waals surface area contributed by atoms with Crippen LogP contribution in [0.2, 0.25) is 0 Å². The second-order valence-electron chi connectivity index (χ2n) is 4.96. The number of nitrogen functional groups attached to an aromatic ring is 1. The minimum Gasteiger partial charge on any atom is -0.399 e. The standard InChI is InChI=1S/C14H17N3O2S.C2H6/c15-9-1-2-11-12(7-9)20-14(17-11)4-3-13(18)16-10-5-6-19-8-10;1-2/h1-2,7,10H,3-6,8,15H2,(H,16,18);1-2H3. The fourth-order valence-corrected chi connectivity index (χ4v) is 3.28. The van der Waals surface area contributed by atoms with Gasteiger partial charge in [0.15, 0.2) is 0 Å². The number of aromatic nitrogens is 1. The number of nitrogens with zero attached hydrogens (tertiary/aromatic N) is 1. The average molecular weight is 321 g/mol. The zero-order valence-electron chi connectivity index (χ0n) is 13.1. The van der Waals surface area contributed by atoms with E-state index in [2.05, 4.69) is 10.3 Å². The van der Waals surface area contributed by atoms with E-state index in [-0.39, 0.29) is 11.9 Å². The number of hydrogen-bond donors (Lipinski definition) is 2. The number of benzene rings is 1. The van der Waals surface area contributed by atoms with E-state index < -0.39 is 0 Å². The van der Waals surface area contributed by atoms with Gasteiger partial charge in [-0.2, -0.15) is 0 Å². The van der Waals surface area contributed by atoms with Gasteiger partial charge in [-0.15, -0.1) is 11.3 Å². The molecule has 1 amide bonds. The molecular weight excluding hydrogens is 298 g/mol. The maximum absolute atomic E-state index is 11.8. The minimum atomic E-state index is 0.0688. The molecule has 3 N–H and O–H groups in total. The lowest BCUT2D eigenvalue weighted by Crippen LogP contribution is -2.35. The van der Waals surface area contributed by atoms with Crippen molar-refractivity contribution in [2.45, 2.75) is 39.2 Å². The smallest absolute Gasteiger partial charge is 0.220 e. The van der Waals surface area contributed by atoms with Crippen molar-refractivity contribution in [2.24, 2.45) is 0 Å². The number of carbonyl (C=O) groups excluding carboxylic acids is 1. The molecule has 0 bridgehead atoms. The lowest BCUT2D eigenvalue weighted by molar-refractivity contribution is -0.121. The summed E-state index contributed by atoms with van der Waals surface area (Å²) in [5.41, 5.74) is 7.44. The van der Waals surface area contributed by atoms with Gasteiger partial charge in [-0.25, -0.2) is 4.98 Å². The number of anilines is 1. The van der Waals surface area contributed by atoms with E-state index in [1.54, 1.807) is 11.3 Å². The largest absolute Gasteiger partial charge is 0.399 e. The molecule has 0 aliphatic carbocycles. The molecule has 0 saturated carbocycles. The number of hydrogen-bond acceptors (Lipinski definition) is 5. The number of ether oxygens (including phenoxy) is 1. The first-order valence-electron chi connectivity index (χ1n) is 7.73. The first kappa shape index (κ1) is 16.7. The van der Waals surface area contributed by atoms with Crippen LogP contribution in [0.5, 0.6) is 0 Å².